The molecule has 0 unspecified atom stereocenters. The first-order chi connectivity index (χ1) is 19.7. The van der Waals surface area contributed by atoms with Gasteiger partial charge in [-0.2, -0.15) is 0 Å². The second-order valence-electron chi connectivity index (χ2n) is 12.5. The Balaban J connectivity index is 0.000000456. The number of rotatable bonds is 12. The van der Waals surface area contributed by atoms with Gasteiger partial charge in [0.1, 0.15) is 11.4 Å². The molecule has 4 nitrogen and oxygen atoms in total. The summed E-state index contributed by atoms with van der Waals surface area (Å²) in [7, 11) is 1.82. The van der Waals surface area contributed by atoms with Gasteiger partial charge in [-0.05, 0) is 107 Å². The minimum Gasteiger partial charge on any atom is -0.444 e. The van der Waals surface area contributed by atoms with E-state index in [1.807, 2.05) is 44.9 Å². The predicted octanol–water partition coefficient (Wildman–Crippen LogP) is 10.6. The van der Waals surface area contributed by atoms with Gasteiger partial charge in [0, 0.05) is 37.3 Å². The molecule has 1 aromatic rings. The number of hydrogen-bond acceptors (Lipinski definition) is 3. The van der Waals surface area contributed by atoms with E-state index < -0.39 is 5.60 Å². The first-order valence-electron chi connectivity index (χ1n) is 15.6. The third-order valence-corrected chi connectivity index (χ3v) is 7.97. The number of amides is 1. The standard InChI is InChI=1S/C23H28FN.C14H29NO2/c1-6-16(3)23(21(7-2)18-10-8-11-18)22(25-5)14-17(4)19-12-9-13-20(24)15-19;1-8-11(3)10-15(12(4)9-2)13(16)17-14(5,6)7/h6-7,9,12-13,15,18H,1,4,8,10-11,14H2,2-3,5H3;11-12H,8-10H2,1-7H3/b21-7-,23-16+,25-22?;/t;11-,12-/m.1/s1. The van der Waals surface area contributed by atoms with Crippen LogP contribution in [0.25, 0.3) is 5.57 Å². The molecule has 0 saturated heterocycles. The molecule has 1 aliphatic rings. The Labute approximate surface area is 256 Å². The van der Waals surface area contributed by atoms with E-state index in [0.29, 0.717) is 18.3 Å². The highest BCUT2D eigenvalue weighted by Gasteiger charge is 2.27. The molecule has 2 rings (SSSR count). The van der Waals surface area contributed by atoms with Gasteiger partial charge in [0.25, 0.3) is 0 Å². The molecule has 234 valence electrons. The number of hydrogen-bond donors (Lipinski definition) is 0. The van der Waals surface area contributed by atoms with Crippen molar-refractivity contribution in [2.24, 2.45) is 16.8 Å². The van der Waals surface area contributed by atoms with Gasteiger partial charge in [-0.15, -0.1) is 0 Å². The van der Waals surface area contributed by atoms with Crippen LogP contribution in [-0.2, 0) is 4.74 Å². The Bertz CT molecular complexity index is 1130. The van der Waals surface area contributed by atoms with Gasteiger partial charge in [0.05, 0.1) is 0 Å². The molecule has 0 N–H and O–H groups in total. The molecular weight excluding hydrogens is 523 g/mol. The molecule has 1 aromatic carbocycles. The highest BCUT2D eigenvalue weighted by Crippen LogP contribution is 2.39. The summed E-state index contributed by atoms with van der Waals surface area (Å²) in [6, 6.07) is 6.83. The predicted molar refractivity (Wildman–Crippen MR) is 180 cm³/mol. The molecule has 1 amide bonds. The maximum atomic E-state index is 13.5. The molecule has 1 saturated carbocycles. The third-order valence-electron chi connectivity index (χ3n) is 7.97. The summed E-state index contributed by atoms with van der Waals surface area (Å²) in [6.45, 7) is 27.3. The Kier molecular flexibility index (Phi) is 15.8. The van der Waals surface area contributed by atoms with Gasteiger partial charge >= 0.3 is 6.09 Å². The van der Waals surface area contributed by atoms with Crippen molar-refractivity contribution in [3.63, 3.8) is 0 Å². The fourth-order valence-corrected chi connectivity index (χ4v) is 4.76. The van der Waals surface area contributed by atoms with E-state index in [0.717, 1.165) is 41.8 Å². The van der Waals surface area contributed by atoms with Crippen LogP contribution < -0.4 is 0 Å². The zero-order valence-electron chi connectivity index (χ0n) is 28.1. The molecule has 2 atom stereocenters. The summed E-state index contributed by atoms with van der Waals surface area (Å²) in [5.74, 6) is 0.876. The van der Waals surface area contributed by atoms with E-state index in [2.05, 4.69) is 65.8 Å². The number of benzene rings is 1. The van der Waals surface area contributed by atoms with Crippen LogP contribution in [0.15, 0.2) is 71.3 Å². The fraction of sp³-hybridized carbons (Fsp3) is 0.568. The van der Waals surface area contributed by atoms with E-state index >= 15 is 0 Å². The monoisotopic (exact) mass is 580 g/mol. The number of carbonyl (C=O) groups excluding carboxylic acids is 1. The maximum absolute atomic E-state index is 13.5. The van der Waals surface area contributed by atoms with Crippen molar-refractivity contribution in [2.75, 3.05) is 13.6 Å². The minimum atomic E-state index is -0.418. The normalized spacial score (nSPS) is 16.3. The quantitative estimate of drug-likeness (QED) is 0.182. The van der Waals surface area contributed by atoms with Crippen molar-refractivity contribution in [2.45, 2.75) is 112 Å². The summed E-state index contributed by atoms with van der Waals surface area (Å²) >= 11 is 0. The maximum Gasteiger partial charge on any atom is 0.410 e. The van der Waals surface area contributed by atoms with E-state index in [4.69, 9.17) is 4.74 Å². The third kappa shape index (κ3) is 11.7. The first kappa shape index (κ1) is 37.1. The Morgan fingerprint density at radius 1 is 1.21 bits per heavy atom. The van der Waals surface area contributed by atoms with Crippen molar-refractivity contribution < 1.29 is 13.9 Å². The summed E-state index contributed by atoms with van der Waals surface area (Å²) < 4.78 is 19.0. The zero-order valence-corrected chi connectivity index (χ0v) is 28.1. The molecule has 1 fully saturated rings. The number of aliphatic imine (C=N–C) groups is 1. The van der Waals surface area contributed by atoms with Crippen molar-refractivity contribution in [1.29, 1.82) is 0 Å². The van der Waals surface area contributed by atoms with Gasteiger partial charge < -0.3 is 9.64 Å². The summed E-state index contributed by atoms with van der Waals surface area (Å²) in [6.07, 6.45) is 10.3. The topological polar surface area (TPSA) is 41.9 Å². The summed E-state index contributed by atoms with van der Waals surface area (Å²) in [4.78, 5) is 18.5. The molecule has 0 heterocycles. The Morgan fingerprint density at radius 3 is 2.29 bits per heavy atom. The average Bonchev–Trinajstić information content (AvgIpc) is 2.92. The molecule has 42 heavy (non-hydrogen) atoms. The minimum absolute atomic E-state index is 0.188. The molecule has 0 aromatic heterocycles. The van der Waals surface area contributed by atoms with Crippen LogP contribution in [-0.4, -0.2) is 41.9 Å². The Hall–Kier alpha value is -2.95. The van der Waals surface area contributed by atoms with Crippen LogP contribution in [0.3, 0.4) is 0 Å². The highest BCUT2D eigenvalue weighted by atomic mass is 19.1. The van der Waals surface area contributed by atoms with Crippen LogP contribution in [0.5, 0.6) is 0 Å². The number of nitrogens with zero attached hydrogens (tertiary/aromatic N) is 2. The summed E-state index contributed by atoms with van der Waals surface area (Å²) in [5, 5.41) is 0. The van der Waals surface area contributed by atoms with Crippen molar-refractivity contribution in [3.8, 4) is 0 Å². The largest absolute Gasteiger partial charge is 0.444 e. The fourth-order valence-electron chi connectivity index (χ4n) is 4.76. The molecule has 0 aliphatic heterocycles. The number of halogens is 1. The van der Waals surface area contributed by atoms with E-state index in [9.17, 15) is 9.18 Å². The van der Waals surface area contributed by atoms with Crippen LogP contribution >= 0.6 is 0 Å². The lowest BCUT2D eigenvalue weighted by Gasteiger charge is -2.33. The van der Waals surface area contributed by atoms with E-state index in [1.54, 1.807) is 6.07 Å². The van der Waals surface area contributed by atoms with E-state index in [-0.39, 0.29) is 18.0 Å². The van der Waals surface area contributed by atoms with Crippen LogP contribution in [0.1, 0.15) is 106 Å². The van der Waals surface area contributed by atoms with E-state index in [1.165, 1.54) is 42.5 Å². The number of ether oxygens (including phenoxy) is 1. The van der Waals surface area contributed by atoms with Gasteiger partial charge in [-0.25, -0.2) is 9.18 Å². The molecule has 5 heteroatoms. The lowest BCUT2D eigenvalue weighted by atomic mass is 9.74. The second-order valence-corrected chi connectivity index (χ2v) is 12.5. The molecule has 1 aliphatic carbocycles. The average molecular weight is 581 g/mol. The lowest BCUT2D eigenvalue weighted by molar-refractivity contribution is 0.0140. The van der Waals surface area contributed by atoms with Crippen LogP contribution in [0, 0.1) is 17.7 Å². The molecule has 0 bridgehead atoms. The SMILES string of the molecule is C=C/C(C)=C(C(CC(=C)c1cccc(F)c1)=NC)\C(=C/C)C1CCC1.CC[C@@H](C)CN(C(=O)OC(C)(C)C)[C@H](C)CC. The first-order valence-corrected chi connectivity index (χ1v) is 15.6. The second kappa shape index (κ2) is 17.9. The van der Waals surface area contributed by atoms with Gasteiger partial charge in [-0.1, -0.05) is 71.1 Å². The lowest BCUT2D eigenvalue weighted by Crippen LogP contribution is -2.44. The highest BCUT2D eigenvalue weighted by molar-refractivity contribution is 6.09. The van der Waals surface area contributed by atoms with Crippen molar-refractivity contribution in [3.05, 3.63) is 77.7 Å². The van der Waals surface area contributed by atoms with Gasteiger partial charge in [0.2, 0.25) is 0 Å². The van der Waals surface area contributed by atoms with Crippen molar-refractivity contribution in [1.82, 2.24) is 4.90 Å². The molecule has 0 spiro atoms. The zero-order chi connectivity index (χ0) is 32.0. The summed E-state index contributed by atoms with van der Waals surface area (Å²) in [5.41, 5.74) is 5.94. The number of allylic oxidation sites excluding steroid dienone is 6. The van der Waals surface area contributed by atoms with Crippen molar-refractivity contribution >= 4 is 17.4 Å². The Morgan fingerprint density at radius 2 is 1.86 bits per heavy atom. The van der Waals surface area contributed by atoms with Crippen LogP contribution in [0.4, 0.5) is 9.18 Å². The molecular formula is C37H57FN2O2. The van der Waals surface area contributed by atoms with Crippen LogP contribution in [0.2, 0.25) is 0 Å². The molecule has 0 radical (unpaired) electrons. The number of carbonyl (C=O) groups is 1. The smallest absolute Gasteiger partial charge is 0.410 e. The van der Waals surface area contributed by atoms with Gasteiger partial charge in [0.15, 0.2) is 0 Å². The van der Waals surface area contributed by atoms with Gasteiger partial charge in [-0.3, -0.25) is 4.99 Å².